The fourth-order valence-electron chi connectivity index (χ4n) is 3.42. The summed E-state index contributed by atoms with van der Waals surface area (Å²) >= 11 is 0. The summed E-state index contributed by atoms with van der Waals surface area (Å²) in [6.45, 7) is 7.34. The van der Waals surface area contributed by atoms with Gasteiger partial charge in [0.15, 0.2) is 0 Å². The summed E-state index contributed by atoms with van der Waals surface area (Å²) in [5.41, 5.74) is 3.33. The number of piperazine rings is 1. The molecule has 3 rings (SSSR count). The Balaban J connectivity index is 1.67. The van der Waals surface area contributed by atoms with Crippen LogP contribution in [0.5, 0.6) is 0 Å². The Morgan fingerprint density at radius 3 is 2.54 bits per heavy atom. The first kappa shape index (κ1) is 18.5. The van der Waals surface area contributed by atoms with Gasteiger partial charge in [-0.15, -0.1) is 0 Å². The number of halogens is 1. The van der Waals surface area contributed by atoms with Crippen molar-refractivity contribution < 1.29 is 14.3 Å². The molecule has 138 valence electrons. The minimum absolute atomic E-state index is 0.312. The van der Waals surface area contributed by atoms with Crippen LogP contribution in [0.1, 0.15) is 28.4 Å². The van der Waals surface area contributed by atoms with E-state index in [0.717, 1.165) is 25.3 Å². The van der Waals surface area contributed by atoms with Gasteiger partial charge in [-0.25, -0.2) is 4.39 Å². The first-order valence-corrected chi connectivity index (χ1v) is 8.81. The molecule has 1 fully saturated rings. The van der Waals surface area contributed by atoms with E-state index < -0.39 is 12.0 Å². The molecular formula is C20H24FN3O2. The largest absolute Gasteiger partial charge is 0.480 e. The third kappa shape index (κ3) is 4.08. The lowest BCUT2D eigenvalue weighted by molar-refractivity contribution is -0.144. The molecule has 2 heterocycles. The number of hydrogen-bond acceptors (Lipinski definition) is 4. The van der Waals surface area contributed by atoms with E-state index in [4.69, 9.17) is 0 Å². The third-order valence-electron chi connectivity index (χ3n) is 4.99. The number of rotatable bonds is 5. The number of carboxylic acid groups (broad SMARTS) is 1. The zero-order chi connectivity index (χ0) is 18.7. The monoisotopic (exact) mass is 357 g/mol. The molecule has 1 aliphatic heterocycles. The van der Waals surface area contributed by atoms with Gasteiger partial charge in [-0.05, 0) is 42.7 Å². The Morgan fingerprint density at radius 2 is 1.92 bits per heavy atom. The molecule has 1 aromatic carbocycles. The van der Waals surface area contributed by atoms with Gasteiger partial charge in [-0.1, -0.05) is 18.2 Å². The number of nitrogens with zero attached hydrogens (tertiary/aromatic N) is 3. The molecule has 1 N–H and O–H groups in total. The van der Waals surface area contributed by atoms with Crippen LogP contribution in [-0.2, 0) is 11.3 Å². The lowest BCUT2D eigenvalue weighted by Crippen LogP contribution is -2.49. The van der Waals surface area contributed by atoms with Crippen LogP contribution in [0.15, 0.2) is 36.5 Å². The quantitative estimate of drug-likeness (QED) is 0.892. The molecular weight excluding hydrogens is 333 g/mol. The van der Waals surface area contributed by atoms with Gasteiger partial charge in [0.1, 0.15) is 11.9 Å². The number of aromatic nitrogens is 1. The van der Waals surface area contributed by atoms with Crippen molar-refractivity contribution in [1.82, 2.24) is 14.8 Å². The van der Waals surface area contributed by atoms with Gasteiger partial charge in [0.2, 0.25) is 0 Å². The van der Waals surface area contributed by atoms with E-state index in [1.165, 1.54) is 11.6 Å². The molecule has 0 bridgehead atoms. The second-order valence-corrected chi connectivity index (χ2v) is 6.83. The van der Waals surface area contributed by atoms with Crippen LogP contribution in [0.25, 0.3) is 0 Å². The predicted octanol–water partition coefficient (Wildman–Crippen LogP) is 2.78. The Kier molecular flexibility index (Phi) is 5.64. The number of aryl methyl sites for hydroxylation is 2. The summed E-state index contributed by atoms with van der Waals surface area (Å²) in [5.74, 6) is -1.21. The van der Waals surface area contributed by atoms with Crippen molar-refractivity contribution in [3.05, 3.63) is 64.7 Å². The molecule has 5 nitrogen and oxygen atoms in total. The summed E-state index contributed by atoms with van der Waals surface area (Å²) in [6.07, 6.45) is 1.80. The number of carboxylic acids is 1. The minimum Gasteiger partial charge on any atom is -0.480 e. The van der Waals surface area contributed by atoms with E-state index in [1.807, 2.05) is 11.0 Å². The molecule has 26 heavy (non-hydrogen) atoms. The molecule has 0 saturated carbocycles. The van der Waals surface area contributed by atoms with Crippen molar-refractivity contribution in [2.75, 3.05) is 26.2 Å². The molecule has 1 atom stereocenters. The predicted molar refractivity (Wildman–Crippen MR) is 97.3 cm³/mol. The highest BCUT2D eigenvalue weighted by molar-refractivity contribution is 5.75. The van der Waals surface area contributed by atoms with E-state index in [2.05, 4.69) is 22.9 Å². The van der Waals surface area contributed by atoms with Crippen molar-refractivity contribution >= 4 is 5.97 Å². The van der Waals surface area contributed by atoms with E-state index in [9.17, 15) is 14.3 Å². The highest BCUT2D eigenvalue weighted by Crippen LogP contribution is 2.25. The SMILES string of the molecule is Cc1cc([C@@H](C(=O)O)N2CCN(Cc3ncccc3C)CC2)ccc1F. The second kappa shape index (κ2) is 7.93. The molecule has 2 aromatic rings. The number of hydrogen-bond donors (Lipinski definition) is 1. The lowest BCUT2D eigenvalue weighted by atomic mass is 10.0. The Labute approximate surface area is 153 Å². The highest BCUT2D eigenvalue weighted by atomic mass is 19.1. The average Bonchev–Trinajstić information content (AvgIpc) is 2.61. The average molecular weight is 357 g/mol. The number of aliphatic carboxylic acids is 1. The van der Waals surface area contributed by atoms with Crippen LogP contribution < -0.4 is 0 Å². The molecule has 0 radical (unpaired) electrons. The Morgan fingerprint density at radius 1 is 1.19 bits per heavy atom. The maximum absolute atomic E-state index is 13.5. The highest BCUT2D eigenvalue weighted by Gasteiger charge is 2.30. The zero-order valence-electron chi connectivity index (χ0n) is 15.2. The molecule has 6 heteroatoms. The summed E-state index contributed by atoms with van der Waals surface area (Å²) in [5, 5.41) is 9.72. The molecule has 1 aliphatic rings. The number of benzene rings is 1. The van der Waals surface area contributed by atoms with Crippen molar-refractivity contribution in [1.29, 1.82) is 0 Å². The van der Waals surface area contributed by atoms with Gasteiger partial charge >= 0.3 is 5.97 Å². The van der Waals surface area contributed by atoms with E-state index in [0.29, 0.717) is 24.2 Å². The molecule has 0 aliphatic carbocycles. The van der Waals surface area contributed by atoms with Crippen LogP contribution in [-0.4, -0.2) is 52.0 Å². The summed E-state index contributed by atoms with van der Waals surface area (Å²) < 4.78 is 13.5. The number of pyridine rings is 1. The zero-order valence-corrected chi connectivity index (χ0v) is 15.2. The van der Waals surface area contributed by atoms with Gasteiger partial charge < -0.3 is 5.11 Å². The van der Waals surface area contributed by atoms with E-state index in [1.54, 1.807) is 25.3 Å². The smallest absolute Gasteiger partial charge is 0.325 e. The standard InChI is InChI=1S/C20H24FN3O2/c1-14-4-3-7-22-18(14)13-23-8-10-24(11-9-23)19(20(25)26)16-5-6-17(21)15(2)12-16/h3-7,12,19H,8-11,13H2,1-2H3,(H,25,26)/t19-/m0/s1. The molecule has 0 amide bonds. The first-order chi connectivity index (χ1) is 12.5. The number of carbonyl (C=O) groups is 1. The van der Waals surface area contributed by atoms with Crippen molar-refractivity contribution in [3.8, 4) is 0 Å². The van der Waals surface area contributed by atoms with Crippen LogP contribution in [0.2, 0.25) is 0 Å². The fraction of sp³-hybridized carbons (Fsp3) is 0.400. The van der Waals surface area contributed by atoms with Crippen molar-refractivity contribution in [2.45, 2.75) is 26.4 Å². The summed E-state index contributed by atoms with van der Waals surface area (Å²) in [6, 6.07) is 7.80. The molecule has 0 spiro atoms. The van der Waals surface area contributed by atoms with Gasteiger partial charge in [0, 0.05) is 38.9 Å². The topological polar surface area (TPSA) is 56.7 Å². The third-order valence-corrected chi connectivity index (χ3v) is 4.99. The van der Waals surface area contributed by atoms with Gasteiger partial charge in [-0.3, -0.25) is 19.6 Å². The minimum atomic E-state index is -0.898. The van der Waals surface area contributed by atoms with Crippen molar-refractivity contribution in [3.63, 3.8) is 0 Å². The maximum Gasteiger partial charge on any atom is 0.325 e. The fourth-order valence-corrected chi connectivity index (χ4v) is 3.42. The second-order valence-electron chi connectivity index (χ2n) is 6.83. The van der Waals surface area contributed by atoms with Gasteiger partial charge in [0.25, 0.3) is 0 Å². The van der Waals surface area contributed by atoms with Gasteiger partial charge in [0.05, 0.1) is 5.69 Å². The van der Waals surface area contributed by atoms with Crippen LogP contribution in [0, 0.1) is 19.7 Å². The van der Waals surface area contributed by atoms with Crippen molar-refractivity contribution in [2.24, 2.45) is 0 Å². The van der Waals surface area contributed by atoms with Gasteiger partial charge in [-0.2, -0.15) is 0 Å². The summed E-state index contributed by atoms with van der Waals surface area (Å²) in [7, 11) is 0. The Hall–Kier alpha value is -2.31. The van der Waals surface area contributed by atoms with Crippen LogP contribution in [0.4, 0.5) is 4.39 Å². The molecule has 0 unspecified atom stereocenters. The molecule has 1 saturated heterocycles. The normalized spacial score (nSPS) is 17.2. The lowest BCUT2D eigenvalue weighted by Gasteiger charge is -2.37. The Bertz CT molecular complexity index is 788. The first-order valence-electron chi connectivity index (χ1n) is 8.81. The maximum atomic E-state index is 13.5. The molecule has 1 aromatic heterocycles. The van der Waals surface area contributed by atoms with E-state index in [-0.39, 0.29) is 5.82 Å². The van der Waals surface area contributed by atoms with Crippen LogP contribution >= 0.6 is 0 Å². The van der Waals surface area contributed by atoms with E-state index >= 15 is 0 Å². The summed E-state index contributed by atoms with van der Waals surface area (Å²) in [4.78, 5) is 20.5. The van der Waals surface area contributed by atoms with Crippen LogP contribution in [0.3, 0.4) is 0 Å².